The molecule has 0 bridgehead atoms. The van der Waals surface area contributed by atoms with E-state index in [0.29, 0.717) is 11.2 Å². The number of amides is 1. The predicted molar refractivity (Wildman–Crippen MR) is 146 cm³/mol. The van der Waals surface area contributed by atoms with Gasteiger partial charge in [0.15, 0.2) is 0 Å². The number of nitrogens with one attached hydrogen (secondary N) is 3. The molecule has 0 radical (unpaired) electrons. The lowest BCUT2D eigenvalue weighted by Crippen LogP contribution is -2.43. The normalized spacial score (nSPS) is 16.4. The summed E-state index contributed by atoms with van der Waals surface area (Å²) in [7, 11) is 0. The summed E-state index contributed by atoms with van der Waals surface area (Å²) in [6.45, 7) is 3.89. The molecule has 182 valence electrons. The van der Waals surface area contributed by atoms with Gasteiger partial charge in [-0.05, 0) is 52.1 Å². The quantitative estimate of drug-likeness (QED) is 0.347. The first-order valence-electron chi connectivity index (χ1n) is 12.7. The Morgan fingerprint density at radius 2 is 1.73 bits per heavy atom. The summed E-state index contributed by atoms with van der Waals surface area (Å²) in [4.78, 5) is 28.0. The Hall–Kier alpha value is -4.49. The Balaban J connectivity index is 1.27. The molecule has 1 aliphatic carbocycles. The van der Waals surface area contributed by atoms with E-state index in [0.717, 1.165) is 70.8 Å². The van der Waals surface area contributed by atoms with E-state index in [1.165, 1.54) is 0 Å². The van der Waals surface area contributed by atoms with Crippen molar-refractivity contribution in [2.24, 2.45) is 0 Å². The Labute approximate surface area is 214 Å². The number of benzene rings is 2. The summed E-state index contributed by atoms with van der Waals surface area (Å²) < 4.78 is 0. The summed E-state index contributed by atoms with van der Waals surface area (Å²) in [6.07, 6.45) is 5.45. The molecule has 37 heavy (non-hydrogen) atoms. The number of H-pyrrole nitrogens is 1. The van der Waals surface area contributed by atoms with Crippen LogP contribution in [0, 0.1) is 0 Å². The van der Waals surface area contributed by atoms with Gasteiger partial charge >= 0.3 is 0 Å². The summed E-state index contributed by atoms with van der Waals surface area (Å²) in [5.74, 6) is 0.892. The molecule has 3 aromatic heterocycles. The van der Waals surface area contributed by atoms with Gasteiger partial charge in [-0.25, -0.2) is 9.97 Å². The van der Waals surface area contributed by atoms with Crippen LogP contribution in [0.3, 0.4) is 0 Å². The van der Waals surface area contributed by atoms with Crippen molar-refractivity contribution in [1.82, 2.24) is 25.6 Å². The Morgan fingerprint density at radius 1 is 0.892 bits per heavy atom. The van der Waals surface area contributed by atoms with E-state index in [1.807, 2.05) is 24.5 Å². The largest absolute Gasteiger partial charge is 0.354 e. The summed E-state index contributed by atoms with van der Waals surface area (Å²) in [6, 6.07) is 22.4. The van der Waals surface area contributed by atoms with Crippen molar-refractivity contribution in [2.75, 3.05) is 31.1 Å². The molecule has 5 aromatic rings. The van der Waals surface area contributed by atoms with Gasteiger partial charge in [-0.3, -0.25) is 4.79 Å². The lowest BCUT2D eigenvalue weighted by Gasteiger charge is -2.28. The molecule has 1 atom stereocenters. The second kappa shape index (κ2) is 8.87. The summed E-state index contributed by atoms with van der Waals surface area (Å²) >= 11 is 0. The highest BCUT2D eigenvalue weighted by molar-refractivity contribution is 6.06. The lowest BCUT2D eigenvalue weighted by molar-refractivity contribution is 0.0945. The molecule has 7 rings (SSSR count). The average Bonchev–Trinajstić information content (AvgIpc) is 3.57. The van der Waals surface area contributed by atoms with Crippen LogP contribution in [-0.4, -0.2) is 47.0 Å². The van der Waals surface area contributed by atoms with Crippen LogP contribution in [0.15, 0.2) is 85.3 Å². The van der Waals surface area contributed by atoms with Crippen LogP contribution in [0.25, 0.3) is 33.3 Å². The summed E-state index contributed by atoms with van der Waals surface area (Å²) in [5.41, 5.74) is 8.01. The van der Waals surface area contributed by atoms with E-state index in [2.05, 4.69) is 74.0 Å². The highest BCUT2D eigenvalue weighted by Crippen LogP contribution is 2.48. The number of fused-ring (bicyclic) bond motifs is 4. The van der Waals surface area contributed by atoms with Gasteiger partial charge in [-0.1, -0.05) is 42.5 Å². The van der Waals surface area contributed by atoms with Crippen molar-refractivity contribution in [3.8, 4) is 22.3 Å². The number of nitrogens with zero attached hydrogens (tertiary/aromatic N) is 3. The van der Waals surface area contributed by atoms with Crippen molar-refractivity contribution >= 4 is 22.8 Å². The molecule has 7 nitrogen and oxygen atoms in total. The number of anilines is 1. The third kappa shape index (κ3) is 3.67. The second-order valence-electron chi connectivity index (χ2n) is 9.50. The molecule has 2 aliphatic rings. The van der Waals surface area contributed by atoms with E-state index < -0.39 is 0 Å². The number of carbonyl (C=O) groups excluding carboxylic acids is 1. The van der Waals surface area contributed by atoms with Gasteiger partial charge in [0.05, 0.1) is 11.6 Å². The van der Waals surface area contributed by atoms with Crippen molar-refractivity contribution < 1.29 is 4.79 Å². The molecule has 3 N–H and O–H groups in total. The zero-order valence-corrected chi connectivity index (χ0v) is 20.2. The molecular weight excluding hydrogens is 460 g/mol. The molecule has 7 heteroatoms. The molecule has 0 saturated carbocycles. The Morgan fingerprint density at radius 3 is 2.59 bits per heavy atom. The lowest BCUT2D eigenvalue weighted by atomic mass is 9.95. The van der Waals surface area contributed by atoms with E-state index in [9.17, 15) is 4.79 Å². The van der Waals surface area contributed by atoms with Crippen LogP contribution in [-0.2, 0) is 0 Å². The van der Waals surface area contributed by atoms with Crippen molar-refractivity contribution in [1.29, 1.82) is 0 Å². The van der Waals surface area contributed by atoms with E-state index in [-0.39, 0.29) is 11.9 Å². The molecule has 2 aromatic carbocycles. The number of rotatable bonds is 4. The van der Waals surface area contributed by atoms with Crippen molar-refractivity contribution in [2.45, 2.75) is 6.04 Å². The number of aromatic nitrogens is 3. The highest BCUT2D eigenvalue weighted by Gasteiger charge is 2.32. The molecule has 1 unspecified atom stereocenters. The first-order chi connectivity index (χ1) is 18.3. The first-order valence-corrected chi connectivity index (χ1v) is 12.7. The fourth-order valence-electron chi connectivity index (χ4n) is 5.65. The zero-order chi connectivity index (χ0) is 24.8. The number of aromatic amines is 1. The van der Waals surface area contributed by atoms with Crippen molar-refractivity contribution in [3.05, 3.63) is 102 Å². The molecule has 1 fully saturated rings. The van der Waals surface area contributed by atoms with Crippen LogP contribution in [0.1, 0.15) is 27.5 Å². The van der Waals surface area contributed by atoms with E-state index >= 15 is 0 Å². The molecular formula is C30H26N6O. The standard InChI is InChI=1S/C30H26N6O/c37-30(24-11-13-33-29-23(24)10-12-32-29)35-28-22-5-2-1-4-21(22)27-20(6-3-7-25(27)28)19-8-9-26(34-18-19)36-16-14-31-15-17-36/h1-13,18,28,31H,14-17H2,(H,32,33)(H,35,37). The summed E-state index contributed by atoms with van der Waals surface area (Å²) in [5, 5.41) is 7.52. The number of hydrogen-bond acceptors (Lipinski definition) is 5. The molecule has 1 saturated heterocycles. The topological polar surface area (TPSA) is 85.9 Å². The van der Waals surface area contributed by atoms with Crippen LogP contribution in [0.2, 0.25) is 0 Å². The number of pyridine rings is 2. The van der Waals surface area contributed by atoms with Crippen LogP contribution in [0.5, 0.6) is 0 Å². The number of hydrogen-bond donors (Lipinski definition) is 3. The third-order valence-electron chi connectivity index (χ3n) is 7.43. The molecule has 4 heterocycles. The Bertz CT molecular complexity index is 1620. The van der Waals surface area contributed by atoms with Crippen LogP contribution >= 0.6 is 0 Å². The Kier molecular flexibility index (Phi) is 5.22. The maximum Gasteiger partial charge on any atom is 0.252 e. The van der Waals surface area contributed by atoms with Gasteiger partial charge in [0.1, 0.15) is 11.5 Å². The first kappa shape index (κ1) is 21.8. The second-order valence-corrected chi connectivity index (χ2v) is 9.50. The number of carbonyl (C=O) groups is 1. The SMILES string of the molecule is O=C(NC1c2ccccc2-c2c(-c3ccc(N4CCNCC4)nc3)cccc21)c1ccnc2[nH]ccc12. The van der Waals surface area contributed by atoms with Gasteiger partial charge in [0.2, 0.25) is 0 Å². The molecule has 1 aliphatic heterocycles. The third-order valence-corrected chi connectivity index (χ3v) is 7.43. The van der Waals surface area contributed by atoms with Gasteiger partial charge in [-0.2, -0.15) is 0 Å². The predicted octanol–water partition coefficient (Wildman–Crippen LogP) is 4.53. The maximum atomic E-state index is 13.5. The van der Waals surface area contributed by atoms with Crippen molar-refractivity contribution in [3.63, 3.8) is 0 Å². The van der Waals surface area contributed by atoms with E-state index in [1.54, 1.807) is 12.3 Å². The average molecular weight is 487 g/mol. The zero-order valence-electron chi connectivity index (χ0n) is 20.2. The van der Waals surface area contributed by atoms with Crippen LogP contribution in [0.4, 0.5) is 5.82 Å². The van der Waals surface area contributed by atoms with Gasteiger partial charge in [0, 0.05) is 55.7 Å². The van der Waals surface area contributed by atoms with E-state index in [4.69, 9.17) is 4.98 Å². The van der Waals surface area contributed by atoms with Crippen LogP contribution < -0.4 is 15.5 Å². The highest BCUT2D eigenvalue weighted by atomic mass is 16.1. The smallest absolute Gasteiger partial charge is 0.252 e. The minimum atomic E-state index is -0.242. The number of piperazine rings is 1. The maximum absolute atomic E-state index is 13.5. The monoisotopic (exact) mass is 486 g/mol. The van der Waals surface area contributed by atoms with Gasteiger partial charge < -0.3 is 20.5 Å². The minimum Gasteiger partial charge on any atom is -0.354 e. The molecule has 0 spiro atoms. The van der Waals surface area contributed by atoms with Gasteiger partial charge in [-0.15, -0.1) is 0 Å². The molecule has 1 amide bonds. The van der Waals surface area contributed by atoms with Gasteiger partial charge in [0.25, 0.3) is 5.91 Å². The minimum absolute atomic E-state index is 0.118. The fourth-order valence-corrected chi connectivity index (χ4v) is 5.65. The fraction of sp³-hybridized carbons (Fsp3) is 0.167.